The highest BCUT2D eigenvalue weighted by Gasteiger charge is 2.33. The quantitative estimate of drug-likeness (QED) is 0.820. The third-order valence-corrected chi connectivity index (χ3v) is 4.31. The van der Waals surface area contributed by atoms with Gasteiger partial charge in [-0.25, -0.2) is 0 Å². The maximum Gasteiger partial charge on any atom is 0.173 e. The van der Waals surface area contributed by atoms with Crippen molar-refractivity contribution in [3.63, 3.8) is 0 Å². The van der Waals surface area contributed by atoms with E-state index < -0.39 is 0 Å². The summed E-state index contributed by atoms with van der Waals surface area (Å²) in [6.07, 6.45) is 0.553. The zero-order valence-corrected chi connectivity index (χ0v) is 11.5. The number of Topliss-reactive ketones (excluding diaryl/α,β-unsaturated/α-hetero) is 1. The van der Waals surface area contributed by atoms with Crippen molar-refractivity contribution in [3.8, 4) is 0 Å². The van der Waals surface area contributed by atoms with E-state index >= 15 is 0 Å². The van der Waals surface area contributed by atoms with Crippen LogP contribution in [0, 0.1) is 6.92 Å². The average Bonchev–Trinajstić information content (AvgIpc) is 2.72. The lowest BCUT2D eigenvalue weighted by molar-refractivity contribution is -0.123. The van der Waals surface area contributed by atoms with Gasteiger partial charge in [0.1, 0.15) is 0 Å². The smallest absolute Gasteiger partial charge is 0.173 e. The number of carbonyl (C=O) groups excluding carboxylic acids is 1. The molecule has 0 amide bonds. The first kappa shape index (κ1) is 13.6. The van der Waals surface area contributed by atoms with Crippen molar-refractivity contribution in [3.05, 3.63) is 35.4 Å². The number of ketones is 1. The molecule has 0 aromatic heterocycles. The van der Waals surface area contributed by atoms with E-state index in [0.29, 0.717) is 19.6 Å². The summed E-state index contributed by atoms with van der Waals surface area (Å²) in [5, 5.41) is 0.230. The standard InChI is InChI=1S/C14H18O3S/c1-10-3-5-11(6-4-10)8-17-9-12-7-13(15)14(16-2)18-12/h3-6,12,14H,7-9H2,1-2H3/t12-,14?/m0/s1. The molecule has 2 atom stereocenters. The third kappa shape index (κ3) is 3.57. The van der Waals surface area contributed by atoms with Crippen LogP contribution in [0.5, 0.6) is 0 Å². The van der Waals surface area contributed by atoms with Crippen molar-refractivity contribution >= 4 is 17.5 Å². The highest BCUT2D eigenvalue weighted by atomic mass is 32.2. The Balaban J connectivity index is 1.73. The molecular weight excluding hydrogens is 248 g/mol. The van der Waals surface area contributed by atoms with Gasteiger partial charge in [0.2, 0.25) is 0 Å². The molecule has 18 heavy (non-hydrogen) atoms. The minimum atomic E-state index is -0.294. The SMILES string of the molecule is COC1S[C@H](COCc2ccc(C)cc2)CC1=O. The first-order chi connectivity index (χ1) is 8.69. The van der Waals surface area contributed by atoms with Crippen molar-refractivity contribution < 1.29 is 14.3 Å². The van der Waals surface area contributed by atoms with Crippen LogP contribution in [0.25, 0.3) is 0 Å². The van der Waals surface area contributed by atoms with Crippen molar-refractivity contribution in [2.24, 2.45) is 0 Å². The Hall–Kier alpha value is -0.840. The monoisotopic (exact) mass is 266 g/mol. The molecule has 0 N–H and O–H groups in total. The molecule has 1 aromatic carbocycles. The molecule has 1 aromatic rings. The summed E-state index contributed by atoms with van der Waals surface area (Å²) in [7, 11) is 1.57. The van der Waals surface area contributed by atoms with Gasteiger partial charge in [-0.1, -0.05) is 29.8 Å². The number of ether oxygens (including phenoxy) is 2. The summed E-state index contributed by atoms with van der Waals surface area (Å²) in [6.45, 7) is 3.27. The molecule has 4 heteroatoms. The van der Waals surface area contributed by atoms with Crippen molar-refractivity contribution in [1.29, 1.82) is 0 Å². The van der Waals surface area contributed by atoms with Crippen molar-refractivity contribution in [2.75, 3.05) is 13.7 Å². The lowest BCUT2D eigenvalue weighted by Gasteiger charge is -2.10. The molecule has 2 rings (SSSR count). The summed E-state index contributed by atoms with van der Waals surface area (Å²) in [5.41, 5.74) is 2.12. The second kappa shape index (κ2) is 6.36. The number of methoxy groups -OCH3 is 1. The van der Waals surface area contributed by atoms with Gasteiger partial charge in [0.05, 0.1) is 13.2 Å². The lowest BCUT2D eigenvalue weighted by Crippen LogP contribution is -2.11. The maximum atomic E-state index is 11.5. The fourth-order valence-electron chi connectivity index (χ4n) is 1.90. The molecule has 1 aliphatic rings. The molecular formula is C14H18O3S. The molecule has 98 valence electrons. The summed E-state index contributed by atoms with van der Waals surface area (Å²) in [6, 6.07) is 8.29. The van der Waals surface area contributed by atoms with E-state index in [1.165, 1.54) is 11.1 Å². The predicted molar refractivity (Wildman–Crippen MR) is 72.6 cm³/mol. The first-order valence-corrected chi connectivity index (χ1v) is 6.97. The molecule has 1 saturated heterocycles. The summed E-state index contributed by atoms with van der Waals surface area (Å²) < 4.78 is 10.7. The zero-order valence-electron chi connectivity index (χ0n) is 10.7. The van der Waals surface area contributed by atoms with E-state index in [4.69, 9.17) is 9.47 Å². The van der Waals surface area contributed by atoms with Crippen LogP contribution < -0.4 is 0 Å². The van der Waals surface area contributed by atoms with Crippen molar-refractivity contribution in [2.45, 2.75) is 30.6 Å². The first-order valence-electron chi connectivity index (χ1n) is 6.03. The Morgan fingerprint density at radius 3 is 2.67 bits per heavy atom. The summed E-state index contributed by atoms with van der Waals surface area (Å²) in [5.74, 6) is 0.173. The van der Waals surface area contributed by atoms with Crippen molar-refractivity contribution in [1.82, 2.24) is 0 Å². The number of benzene rings is 1. The van der Waals surface area contributed by atoms with Crippen LogP contribution in [0.15, 0.2) is 24.3 Å². The Morgan fingerprint density at radius 1 is 1.33 bits per heavy atom. The number of hydrogen-bond donors (Lipinski definition) is 0. The van der Waals surface area contributed by atoms with Crippen LogP contribution in [0.3, 0.4) is 0 Å². The summed E-state index contributed by atoms with van der Waals surface area (Å²) >= 11 is 1.56. The molecule has 1 aliphatic heterocycles. The van der Waals surface area contributed by atoms with E-state index in [0.717, 1.165) is 0 Å². The van der Waals surface area contributed by atoms with Gasteiger partial charge in [0, 0.05) is 18.8 Å². The highest BCUT2D eigenvalue weighted by molar-refractivity contribution is 8.01. The topological polar surface area (TPSA) is 35.5 Å². The van der Waals surface area contributed by atoms with Gasteiger partial charge in [-0.3, -0.25) is 4.79 Å². The minimum Gasteiger partial charge on any atom is -0.376 e. The minimum absolute atomic E-state index is 0.173. The second-order valence-electron chi connectivity index (χ2n) is 4.50. The number of carbonyl (C=O) groups is 1. The van der Waals surface area contributed by atoms with E-state index in [2.05, 4.69) is 31.2 Å². The molecule has 1 heterocycles. The highest BCUT2D eigenvalue weighted by Crippen LogP contribution is 2.31. The number of aryl methyl sites for hydroxylation is 1. The van der Waals surface area contributed by atoms with Gasteiger partial charge < -0.3 is 9.47 Å². The van der Waals surface area contributed by atoms with Gasteiger partial charge in [-0.15, -0.1) is 11.8 Å². The van der Waals surface area contributed by atoms with Crippen LogP contribution in [0.2, 0.25) is 0 Å². The van der Waals surface area contributed by atoms with Gasteiger partial charge in [-0.05, 0) is 12.5 Å². The van der Waals surface area contributed by atoms with Crippen LogP contribution in [0.4, 0.5) is 0 Å². The molecule has 0 aliphatic carbocycles. The van der Waals surface area contributed by atoms with Gasteiger partial charge in [0.15, 0.2) is 11.2 Å². The van der Waals surface area contributed by atoms with Gasteiger partial charge in [-0.2, -0.15) is 0 Å². The van der Waals surface area contributed by atoms with E-state index in [-0.39, 0.29) is 16.5 Å². The maximum absolute atomic E-state index is 11.5. The number of thioether (sulfide) groups is 1. The van der Waals surface area contributed by atoms with E-state index in [9.17, 15) is 4.79 Å². The van der Waals surface area contributed by atoms with E-state index in [1.807, 2.05) is 0 Å². The Bertz CT molecular complexity index is 402. The normalized spacial score (nSPS) is 23.6. The Labute approximate surface area is 112 Å². The molecule has 0 spiro atoms. The molecule has 0 bridgehead atoms. The fourth-order valence-corrected chi connectivity index (χ4v) is 3.04. The van der Waals surface area contributed by atoms with Crippen LogP contribution in [0.1, 0.15) is 17.5 Å². The van der Waals surface area contributed by atoms with Gasteiger partial charge >= 0.3 is 0 Å². The predicted octanol–water partition coefficient (Wildman–Crippen LogP) is 2.56. The van der Waals surface area contributed by atoms with Crippen LogP contribution in [-0.2, 0) is 20.9 Å². The molecule has 0 radical (unpaired) electrons. The zero-order chi connectivity index (χ0) is 13.0. The third-order valence-electron chi connectivity index (χ3n) is 2.91. The Kier molecular flexibility index (Phi) is 4.80. The fraction of sp³-hybridized carbons (Fsp3) is 0.500. The van der Waals surface area contributed by atoms with Crippen LogP contribution >= 0.6 is 11.8 Å². The second-order valence-corrected chi connectivity index (χ2v) is 5.86. The Morgan fingerprint density at radius 2 is 2.06 bits per heavy atom. The van der Waals surface area contributed by atoms with Gasteiger partial charge in [0.25, 0.3) is 0 Å². The number of hydrogen-bond acceptors (Lipinski definition) is 4. The average molecular weight is 266 g/mol. The molecule has 1 fully saturated rings. The lowest BCUT2D eigenvalue weighted by atomic mass is 10.2. The number of rotatable bonds is 5. The largest absolute Gasteiger partial charge is 0.376 e. The summed E-state index contributed by atoms with van der Waals surface area (Å²) in [4.78, 5) is 11.5. The van der Waals surface area contributed by atoms with E-state index in [1.54, 1.807) is 18.9 Å². The van der Waals surface area contributed by atoms with Crippen LogP contribution in [-0.4, -0.2) is 30.2 Å². The molecule has 0 saturated carbocycles. The molecule has 1 unspecified atom stereocenters. The molecule has 3 nitrogen and oxygen atoms in total.